The average molecular weight is 244 g/mol. The number of benzene rings is 1. The Labute approximate surface area is 96.6 Å². The summed E-state index contributed by atoms with van der Waals surface area (Å²) in [5.41, 5.74) is 10.6. The number of hydrogen-bond donors (Lipinski definition) is 4. The Kier molecular flexibility index (Phi) is 3.87. The van der Waals surface area contributed by atoms with Crippen LogP contribution in [0, 0.1) is 5.82 Å². The molecule has 0 amide bonds. The number of carbonyl (C=O) groups excluding carboxylic acids is 1. The second kappa shape index (κ2) is 4.98. The van der Waals surface area contributed by atoms with Gasteiger partial charge in [0, 0.05) is 5.56 Å². The standard InChI is InChI=1S/C10H13FN2O4/c1-17-10(16)9(15)8(14)5-2-4(11)3-6(12)7(5)13/h2-3,8-9,14-15H,12-13H2,1H3. The van der Waals surface area contributed by atoms with Crippen LogP contribution in [0.15, 0.2) is 12.1 Å². The van der Waals surface area contributed by atoms with Gasteiger partial charge in [0.1, 0.15) is 11.9 Å². The SMILES string of the molecule is COC(=O)C(O)C(O)c1cc(F)cc(N)c1N. The zero-order valence-electron chi connectivity index (χ0n) is 9.05. The lowest BCUT2D eigenvalue weighted by Crippen LogP contribution is -2.29. The van der Waals surface area contributed by atoms with Gasteiger partial charge < -0.3 is 26.4 Å². The summed E-state index contributed by atoms with van der Waals surface area (Å²) in [6.07, 6.45) is -3.57. The number of aliphatic hydroxyl groups excluding tert-OH is 2. The molecule has 0 heterocycles. The number of carbonyl (C=O) groups is 1. The summed E-state index contributed by atoms with van der Waals surface area (Å²) >= 11 is 0. The summed E-state index contributed by atoms with van der Waals surface area (Å²) in [7, 11) is 1.04. The maximum atomic E-state index is 13.1. The highest BCUT2D eigenvalue weighted by Gasteiger charge is 2.28. The van der Waals surface area contributed by atoms with Crippen molar-refractivity contribution in [3.8, 4) is 0 Å². The monoisotopic (exact) mass is 244 g/mol. The minimum Gasteiger partial charge on any atom is -0.467 e. The van der Waals surface area contributed by atoms with E-state index in [2.05, 4.69) is 4.74 Å². The Balaban J connectivity index is 3.12. The molecule has 0 spiro atoms. The molecule has 0 aromatic heterocycles. The van der Waals surface area contributed by atoms with Crippen LogP contribution in [0.5, 0.6) is 0 Å². The highest BCUT2D eigenvalue weighted by Crippen LogP contribution is 2.29. The van der Waals surface area contributed by atoms with Gasteiger partial charge in [-0.3, -0.25) is 0 Å². The van der Waals surface area contributed by atoms with Crippen LogP contribution >= 0.6 is 0 Å². The first-order valence-corrected chi connectivity index (χ1v) is 4.66. The van der Waals surface area contributed by atoms with Gasteiger partial charge in [-0.05, 0) is 12.1 Å². The van der Waals surface area contributed by atoms with E-state index >= 15 is 0 Å². The molecule has 1 aromatic carbocycles. The maximum Gasteiger partial charge on any atom is 0.337 e. The third-order valence-corrected chi connectivity index (χ3v) is 2.27. The van der Waals surface area contributed by atoms with Crippen LogP contribution in [0.25, 0.3) is 0 Å². The number of methoxy groups -OCH3 is 1. The molecule has 6 nitrogen and oxygen atoms in total. The maximum absolute atomic E-state index is 13.1. The van der Waals surface area contributed by atoms with Crippen LogP contribution in [0.2, 0.25) is 0 Å². The summed E-state index contributed by atoms with van der Waals surface area (Å²) in [4.78, 5) is 11.0. The van der Waals surface area contributed by atoms with Crippen molar-refractivity contribution in [3.63, 3.8) is 0 Å². The number of anilines is 2. The number of halogens is 1. The van der Waals surface area contributed by atoms with Gasteiger partial charge in [0.2, 0.25) is 0 Å². The van der Waals surface area contributed by atoms with Crippen LogP contribution in [-0.2, 0) is 9.53 Å². The van der Waals surface area contributed by atoms with Crippen LogP contribution in [0.3, 0.4) is 0 Å². The summed E-state index contributed by atoms with van der Waals surface area (Å²) in [5.74, 6) is -1.79. The molecule has 94 valence electrons. The number of aliphatic hydroxyl groups is 2. The second-order valence-electron chi connectivity index (χ2n) is 3.41. The van der Waals surface area contributed by atoms with Gasteiger partial charge in [0.05, 0.1) is 18.5 Å². The minimum atomic E-state index is -1.86. The zero-order chi connectivity index (χ0) is 13.2. The lowest BCUT2D eigenvalue weighted by atomic mass is 10.0. The number of ether oxygens (including phenoxy) is 1. The van der Waals surface area contributed by atoms with E-state index in [9.17, 15) is 19.4 Å². The van der Waals surface area contributed by atoms with Gasteiger partial charge in [0.15, 0.2) is 6.10 Å². The molecular formula is C10H13FN2O4. The molecule has 0 bridgehead atoms. The highest BCUT2D eigenvalue weighted by molar-refractivity contribution is 5.77. The molecule has 6 N–H and O–H groups in total. The van der Waals surface area contributed by atoms with Crippen LogP contribution in [0.4, 0.5) is 15.8 Å². The molecule has 0 saturated heterocycles. The molecule has 1 rings (SSSR count). The summed E-state index contributed by atoms with van der Waals surface area (Å²) in [6, 6.07) is 1.86. The first-order valence-electron chi connectivity index (χ1n) is 4.66. The van der Waals surface area contributed by atoms with Crippen LogP contribution < -0.4 is 11.5 Å². The Morgan fingerprint density at radius 1 is 1.41 bits per heavy atom. The van der Waals surface area contributed by atoms with Gasteiger partial charge >= 0.3 is 5.97 Å². The van der Waals surface area contributed by atoms with E-state index in [4.69, 9.17) is 11.5 Å². The lowest BCUT2D eigenvalue weighted by molar-refractivity contribution is -0.156. The van der Waals surface area contributed by atoms with Crippen LogP contribution in [-0.4, -0.2) is 29.4 Å². The topological polar surface area (TPSA) is 119 Å². The summed E-state index contributed by atoms with van der Waals surface area (Å²) < 4.78 is 17.3. The molecule has 0 radical (unpaired) electrons. The van der Waals surface area contributed by atoms with E-state index in [1.165, 1.54) is 0 Å². The van der Waals surface area contributed by atoms with Gasteiger partial charge in [-0.2, -0.15) is 0 Å². The molecule has 17 heavy (non-hydrogen) atoms. The summed E-state index contributed by atoms with van der Waals surface area (Å²) in [6.45, 7) is 0. The fraction of sp³-hybridized carbons (Fsp3) is 0.300. The predicted molar refractivity (Wildman–Crippen MR) is 58.2 cm³/mol. The Morgan fingerprint density at radius 3 is 2.53 bits per heavy atom. The largest absolute Gasteiger partial charge is 0.467 e. The Morgan fingerprint density at radius 2 is 2.00 bits per heavy atom. The zero-order valence-corrected chi connectivity index (χ0v) is 9.05. The molecule has 0 aliphatic rings. The van der Waals surface area contributed by atoms with E-state index in [-0.39, 0.29) is 16.9 Å². The fourth-order valence-corrected chi connectivity index (χ4v) is 1.33. The average Bonchev–Trinajstić information content (AvgIpc) is 2.30. The van der Waals surface area contributed by atoms with Gasteiger partial charge in [-0.25, -0.2) is 9.18 Å². The van der Waals surface area contributed by atoms with Crippen molar-refractivity contribution in [2.24, 2.45) is 0 Å². The third kappa shape index (κ3) is 2.63. The van der Waals surface area contributed by atoms with Gasteiger partial charge in [0.25, 0.3) is 0 Å². The Hall–Kier alpha value is -1.86. The van der Waals surface area contributed by atoms with E-state index in [0.29, 0.717) is 0 Å². The van der Waals surface area contributed by atoms with Crippen molar-refractivity contribution in [2.75, 3.05) is 18.6 Å². The molecule has 1 aromatic rings. The normalized spacial score (nSPS) is 14.1. The van der Waals surface area contributed by atoms with Crippen molar-refractivity contribution >= 4 is 17.3 Å². The van der Waals surface area contributed by atoms with E-state index < -0.39 is 24.0 Å². The van der Waals surface area contributed by atoms with Crippen LogP contribution in [0.1, 0.15) is 11.7 Å². The van der Waals surface area contributed by atoms with Crippen molar-refractivity contribution in [3.05, 3.63) is 23.5 Å². The lowest BCUT2D eigenvalue weighted by Gasteiger charge is -2.18. The van der Waals surface area contributed by atoms with Crippen molar-refractivity contribution in [1.29, 1.82) is 0 Å². The van der Waals surface area contributed by atoms with E-state index in [1.807, 2.05) is 0 Å². The Bertz CT molecular complexity index is 439. The highest BCUT2D eigenvalue weighted by atomic mass is 19.1. The van der Waals surface area contributed by atoms with Crippen molar-refractivity contribution in [1.82, 2.24) is 0 Å². The van der Waals surface area contributed by atoms with E-state index in [0.717, 1.165) is 19.2 Å². The number of nitrogens with two attached hydrogens (primary N) is 2. The van der Waals surface area contributed by atoms with Crippen molar-refractivity contribution in [2.45, 2.75) is 12.2 Å². The smallest absolute Gasteiger partial charge is 0.337 e. The molecular weight excluding hydrogens is 231 g/mol. The quantitative estimate of drug-likeness (QED) is 0.422. The van der Waals surface area contributed by atoms with E-state index in [1.54, 1.807) is 0 Å². The molecule has 0 aliphatic heterocycles. The summed E-state index contributed by atoms with van der Waals surface area (Å²) in [5, 5.41) is 19.1. The number of rotatable bonds is 3. The minimum absolute atomic E-state index is 0.0869. The number of esters is 1. The first-order chi connectivity index (χ1) is 7.88. The molecule has 7 heteroatoms. The van der Waals surface area contributed by atoms with Crippen molar-refractivity contribution < 1.29 is 24.1 Å². The first kappa shape index (κ1) is 13.2. The molecule has 2 atom stereocenters. The third-order valence-electron chi connectivity index (χ3n) is 2.27. The number of hydrogen-bond acceptors (Lipinski definition) is 6. The molecule has 0 aliphatic carbocycles. The molecule has 2 unspecified atom stereocenters. The molecule has 0 saturated carbocycles. The fourth-order valence-electron chi connectivity index (χ4n) is 1.33. The van der Waals surface area contributed by atoms with Gasteiger partial charge in [-0.1, -0.05) is 0 Å². The number of nitrogen functional groups attached to an aromatic ring is 2. The van der Waals surface area contributed by atoms with Gasteiger partial charge in [-0.15, -0.1) is 0 Å². The predicted octanol–water partition coefficient (Wildman–Crippen LogP) is -0.443. The molecule has 0 fully saturated rings. The second-order valence-corrected chi connectivity index (χ2v) is 3.41.